The Hall–Kier alpha value is -2.89. The molecule has 0 saturated heterocycles. The molecule has 2 aromatic carbocycles. The van der Waals surface area contributed by atoms with E-state index in [9.17, 15) is 14.0 Å². The number of halogens is 1. The molecule has 0 aromatic heterocycles. The minimum absolute atomic E-state index is 0.324. The van der Waals surface area contributed by atoms with Gasteiger partial charge in [0.25, 0.3) is 0 Å². The molecule has 5 nitrogen and oxygen atoms in total. The number of esters is 1. The van der Waals surface area contributed by atoms with E-state index < -0.39 is 29.8 Å². The Balaban J connectivity index is 2.15. The Kier molecular flexibility index (Phi) is 5.89. The zero-order valence-corrected chi connectivity index (χ0v) is 13.5. The summed E-state index contributed by atoms with van der Waals surface area (Å²) >= 11 is 0. The Morgan fingerprint density at radius 3 is 2.42 bits per heavy atom. The molecule has 0 heterocycles. The number of urea groups is 1. The van der Waals surface area contributed by atoms with Crippen LogP contribution in [0.25, 0.3) is 0 Å². The highest BCUT2D eigenvalue weighted by Crippen LogP contribution is 2.23. The lowest BCUT2D eigenvalue weighted by molar-refractivity contribution is -0.145. The molecule has 0 aliphatic rings. The third-order valence-electron chi connectivity index (χ3n) is 3.60. The summed E-state index contributed by atoms with van der Waals surface area (Å²) in [5, 5.41) is 5.30. The predicted molar refractivity (Wildman–Crippen MR) is 88.9 cm³/mol. The fourth-order valence-electron chi connectivity index (χ4n) is 2.35. The number of hydrogen-bond donors (Lipinski definition) is 2. The molecule has 2 rings (SSSR count). The number of anilines is 1. The fraction of sp³-hybridized carbons (Fsp3) is 0.222. The van der Waals surface area contributed by atoms with E-state index in [1.54, 1.807) is 13.0 Å². The van der Waals surface area contributed by atoms with E-state index >= 15 is 0 Å². The highest BCUT2D eigenvalue weighted by Gasteiger charge is 2.27. The van der Waals surface area contributed by atoms with Crippen LogP contribution >= 0.6 is 0 Å². The summed E-state index contributed by atoms with van der Waals surface area (Å²) in [5.74, 6) is -1.47. The van der Waals surface area contributed by atoms with Crippen molar-refractivity contribution in [2.45, 2.75) is 13.0 Å². The van der Waals surface area contributed by atoms with Gasteiger partial charge in [-0.1, -0.05) is 36.4 Å². The van der Waals surface area contributed by atoms with Crippen molar-refractivity contribution < 1.29 is 18.7 Å². The van der Waals surface area contributed by atoms with E-state index in [0.717, 1.165) is 5.56 Å². The fourth-order valence-corrected chi connectivity index (χ4v) is 2.35. The number of carbonyl (C=O) groups excluding carboxylic acids is 2. The number of ether oxygens (including phenoxy) is 1. The predicted octanol–water partition coefficient (Wildman–Crippen LogP) is 3.50. The van der Waals surface area contributed by atoms with Crippen molar-refractivity contribution >= 4 is 17.7 Å². The van der Waals surface area contributed by atoms with Crippen LogP contribution in [0, 0.1) is 11.7 Å². The van der Waals surface area contributed by atoms with Gasteiger partial charge in [0.05, 0.1) is 19.1 Å². The highest BCUT2D eigenvalue weighted by atomic mass is 19.1. The summed E-state index contributed by atoms with van der Waals surface area (Å²) in [6.45, 7) is 1.67. The summed E-state index contributed by atoms with van der Waals surface area (Å²) in [4.78, 5) is 24.1. The molecule has 0 spiro atoms. The van der Waals surface area contributed by atoms with Gasteiger partial charge in [0.15, 0.2) is 0 Å². The molecule has 6 heteroatoms. The maximum absolute atomic E-state index is 13.2. The van der Waals surface area contributed by atoms with Gasteiger partial charge in [0, 0.05) is 5.69 Å². The molecular formula is C18H19FN2O3. The number of hydrogen-bond acceptors (Lipinski definition) is 3. The standard InChI is InChI=1S/C18H19FN2O3/c1-12(17(22)24-2)16(13-7-4-3-5-8-13)21-18(23)20-15-10-6-9-14(19)11-15/h3-12,16H,1-2H3,(H2,20,21,23)/t12-,16+/m1/s1. The van der Waals surface area contributed by atoms with Crippen molar-refractivity contribution in [1.29, 1.82) is 0 Å². The smallest absolute Gasteiger partial charge is 0.319 e. The van der Waals surface area contributed by atoms with E-state index in [2.05, 4.69) is 10.6 Å². The van der Waals surface area contributed by atoms with E-state index in [0.29, 0.717) is 5.69 Å². The van der Waals surface area contributed by atoms with Crippen molar-refractivity contribution in [3.05, 3.63) is 66.0 Å². The Labute approximate surface area is 139 Å². The molecule has 0 bridgehead atoms. The van der Waals surface area contributed by atoms with Crippen LogP contribution in [0.2, 0.25) is 0 Å². The molecule has 0 fully saturated rings. The van der Waals surface area contributed by atoms with Crippen LogP contribution in [-0.4, -0.2) is 19.1 Å². The van der Waals surface area contributed by atoms with Crippen LogP contribution < -0.4 is 10.6 Å². The van der Waals surface area contributed by atoms with Crippen molar-refractivity contribution in [1.82, 2.24) is 5.32 Å². The van der Waals surface area contributed by atoms with Gasteiger partial charge in [-0.05, 0) is 30.7 Å². The van der Waals surface area contributed by atoms with Gasteiger partial charge in [-0.25, -0.2) is 9.18 Å². The Bertz CT molecular complexity index is 706. The van der Waals surface area contributed by atoms with E-state index in [-0.39, 0.29) is 0 Å². The average Bonchev–Trinajstić information content (AvgIpc) is 2.59. The maximum Gasteiger partial charge on any atom is 0.319 e. The number of benzene rings is 2. The Morgan fingerprint density at radius 2 is 1.79 bits per heavy atom. The summed E-state index contributed by atoms with van der Waals surface area (Å²) in [5.41, 5.74) is 1.09. The van der Waals surface area contributed by atoms with Gasteiger partial charge in [0.1, 0.15) is 5.82 Å². The third kappa shape index (κ3) is 4.55. The first-order valence-corrected chi connectivity index (χ1v) is 7.47. The number of amides is 2. The van der Waals surface area contributed by atoms with Gasteiger partial charge in [-0.15, -0.1) is 0 Å². The molecular weight excluding hydrogens is 311 g/mol. The van der Waals surface area contributed by atoms with Gasteiger partial charge in [0.2, 0.25) is 0 Å². The summed E-state index contributed by atoms with van der Waals surface area (Å²) in [6, 6.07) is 13.6. The molecule has 24 heavy (non-hydrogen) atoms. The first kappa shape index (κ1) is 17.5. The first-order chi connectivity index (χ1) is 11.5. The average molecular weight is 330 g/mol. The normalized spacial score (nSPS) is 12.8. The van der Waals surface area contributed by atoms with Gasteiger partial charge >= 0.3 is 12.0 Å². The summed E-state index contributed by atoms with van der Waals surface area (Å²) in [7, 11) is 1.30. The lowest BCUT2D eigenvalue weighted by atomic mass is 9.94. The van der Waals surface area contributed by atoms with E-state index in [1.165, 1.54) is 25.3 Å². The monoisotopic (exact) mass is 330 g/mol. The number of methoxy groups -OCH3 is 1. The molecule has 0 unspecified atom stereocenters. The van der Waals surface area contributed by atoms with Crippen molar-refractivity contribution in [2.75, 3.05) is 12.4 Å². The second-order valence-corrected chi connectivity index (χ2v) is 5.31. The maximum atomic E-state index is 13.2. The minimum atomic E-state index is -0.587. The van der Waals surface area contributed by atoms with Gasteiger partial charge in [-0.2, -0.15) is 0 Å². The molecule has 2 N–H and O–H groups in total. The van der Waals surface area contributed by atoms with Crippen LogP contribution in [0.15, 0.2) is 54.6 Å². The molecule has 0 aliphatic heterocycles. The third-order valence-corrected chi connectivity index (χ3v) is 3.60. The largest absolute Gasteiger partial charge is 0.469 e. The lowest BCUT2D eigenvalue weighted by Gasteiger charge is -2.24. The number of rotatable bonds is 5. The molecule has 2 aromatic rings. The van der Waals surface area contributed by atoms with Crippen LogP contribution in [0.1, 0.15) is 18.5 Å². The lowest BCUT2D eigenvalue weighted by Crippen LogP contribution is -2.38. The van der Waals surface area contributed by atoms with Crippen molar-refractivity contribution in [3.8, 4) is 0 Å². The molecule has 0 saturated carbocycles. The van der Waals surface area contributed by atoms with Gasteiger partial charge in [-0.3, -0.25) is 4.79 Å². The zero-order chi connectivity index (χ0) is 17.5. The second kappa shape index (κ2) is 8.10. The van der Waals surface area contributed by atoms with Crippen LogP contribution in [0.3, 0.4) is 0 Å². The van der Waals surface area contributed by atoms with E-state index in [1.807, 2.05) is 30.3 Å². The first-order valence-electron chi connectivity index (χ1n) is 7.47. The molecule has 2 atom stereocenters. The topological polar surface area (TPSA) is 67.4 Å². The highest BCUT2D eigenvalue weighted by molar-refractivity contribution is 5.90. The minimum Gasteiger partial charge on any atom is -0.469 e. The molecule has 126 valence electrons. The van der Waals surface area contributed by atoms with Crippen LogP contribution in [0.4, 0.5) is 14.9 Å². The van der Waals surface area contributed by atoms with Crippen LogP contribution in [0.5, 0.6) is 0 Å². The van der Waals surface area contributed by atoms with Gasteiger partial charge < -0.3 is 15.4 Å². The Morgan fingerprint density at radius 1 is 1.08 bits per heavy atom. The van der Waals surface area contributed by atoms with Crippen molar-refractivity contribution in [3.63, 3.8) is 0 Å². The number of carbonyl (C=O) groups is 2. The quantitative estimate of drug-likeness (QED) is 0.825. The summed E-state index contributed by atoms with van der Waals surface area (Å²) < 4.78 is 18.0. The molecule has 0 aliphatic carbocycles. The number of nitrogens with one attached hydrogen (secondary N) is 2. The SMILES string of the molecule is COC(=O)[C@H](C)[C@H](NC(=O)Nc1cccc(F)c1)c1ccccc1. The van der Waals surface area contributed by atoms with Crippen LogP contribution in [-0.2, 0) is 9.53 Å². The molecule has 2 amide bonds. The van der Waals surface area contributed by atoms with E-state index in [4.69, 9.17) is 4.74 Å². The zero-order valence-electron chi connectivity index (χ0n) is 13.5. The molecule has 0 radical (unpaired) electrons. The van der Waals surface area contributed by atoms with Crippen molar-refractivity contribution in [2.24, 2.45) is 5.92 Å². The summed E-state index contributed by atoms with van der Waals surface area (Å²) in [6.07, 6.45) is 0. The second-order valence-electron chi connectivity index (χ2n) is 5.31.